The van der Waals surface area contributed by atoms with Crippen molar-refractivity contribution < 1.29 is 0 Å². The molecule has 17 heavy (non-hydrogen) atoms. The highest BCUT2D eigenvalue weighted by atomic mass is 15.2. The Bertz CT molecular complexity index is 430. The van der Waals surface area contributed by atoms with Gasteiger partial charge in [0.25, 0.3) is 0 Å². The molecular formula is C15H18N2. The van der Waals surface area contributed by atoms with E-state index in [9.17, 15) is 5.26 Å². The van der Waals surface area contributed by atoms with Crippen LogP contribution in [0.1, 0.15) is 24.8 Å². The van der Waals surface area contributed by atoms with Gasteiger partial charge in [0, 0.05) is 19.6 Å². The predicted octanol–water partition coefficient (Wildman–Crippen LogP) is 2.81. The second-order valence-corrected chi connectivity index (χ2v) is 5.49. The van der Waals surface area contributed by atoms with Crippen LogP contribution in [0.2, 0.25) is 0 Å². The fourth-order valence-electron chi connectivity index (χ4n) is 3.04. The third-order valence-corrected chi connectivity index (χ3v) is 4.21. The zero-order chi connectivity index (χ0) is 11.7. The van der Waals surface area contributed by atoms with E-state index in [0.717, 1.165) is 26.1 Å². The molecule has 0 aromatic heterocycles. The van der Waals surface area contributed by atoms with Crippen LogP contribution in [0.3, 0.4) is 0 Å². The van der Waals surface area contributed by atoms with Crippen LogP contribution in [0, 0.1) is 22.7 Å². The van der Waals surface area contributed by atoms with Crippen LogP contribution in [-0.4, -0.2) is 18.0 Å². The average molecular weight is 226 g/mol. The van der Waals surface area contributed by atoms with E-state index >= 15 is 0 Å². The normalized spacial score (nSPS) is 29.1. The Balaban J connectivity index is 1.66. The molecule has 0 amide bonds. The molecule has 0 radical (unpaired) electrons. The number of nitriles is 1. The maximum Gasteiger partial charge on any atom is 0.0741 e. The summed E-state index contributed by atoms with van der Waals surface area (Å²) in [6.45, 7) is 3.05. The summed E-state index contributed by atoms with van der Waals surface area (Å²) in [5.74, 6) is 0.688. The second kappa shape index (κ2) is 4.16. The van der Waals surface area contributed by atoms with Gasteiger partial charge in [-0.1, -0.05) is 30.3 Å². The topological polar surface area (TPSA) is 27.0 Å². The van der Waals surface area contributed by atoms with E-state index in [1.807, 2.05) is 0 Å². The monoisotopic (exact) mass is 226 g/mol. The highest BCUT2D eigenvalue weighted by molar-refractivity contribution is 5.17. The quantitative estimate of drug-likeness (QED) is 0.792. The van der Waals surface area contributed by atoms with Gasteiger partial charge in [-0.05, 0) is 30.7 Å². The summed E-state index contributed by atoms with van der Waals surface area (Å²) < 4.78 is 0. The third-order valence-electron chi connectivity index (χ3n) is 4.21. The van der Waals surface area contributed by atoms with Crippen molar-refractivity contribution >= 4 is 0 Å². The molecule has 0 unspecified atom stereocenters. The summed E-state index contributed by atoms with van der Waals surface area (Å²) in [4.78, 5) is 2.44. The van der Waals surface area contributed by atoms with Gasteiger partial charge >= 0.3 is 0 Å². The summed E-state index contributed by atoms with van der Waals surface area (Å²) >= 11 is 0. The number of likely N-dealkylation sites (tertiary alicyclic amines) is 1. The lowest BCUT2D eigenvalue weighted by Crippen LogP contribution is -2.27. The first-order chi connectivity index (χ1) is 8.32. The largest absolute Gasteiger partial charge is 0.297 e. The molecule has 2 fully saturated rings. The molecule has 0 N–H and O–H groups in total. The molecule has 2 heteroatoms. The Kier molecular flexibility index (Phi) is 2.64. The standard InChI is InChI=1S/C15H18N2/c16-11-15(14-6-7-14)8-9-17(12-15)10-13-4-2-1-3-5-13/h1-5,14H,6-10,12H2/t15-/m1/s1. The van der Waals surface area contributed by atoms with Crippen molar-refractivity contribution in [2.75, 3.05) is 13.1 Å². The maximum absolute atomic E-state index is 9.43. The van der Waals surface area contributed by atoms with Gasteiger partial charge in [0.15, 0.2) is 0 Å². The van der Waals surface area contributed by atoms with Crippen LogP contribution >= 0.6 is 0 Å². The highest BCUT2D eigenvalue weighted by Crippen LogP contribution is 2.50. The minimum absolute atomic E-state index is 0.0191. The molecule has 1 aliphatic carbocycles. The first-order valence-electron chi connectivity index (χ1n) is 6.50. The van der Waals surface area contributed by atoms with E-state index in [4.69, 9.17) is 0 Å². The smallest absolute Gasteiger partial charge is 0.0741 e. The SMILES string of the molecule is N#C[C@]1(C2CC2)CCN(Cc2ccccc2)C1. The van der Waals surface area contributed by atoms with Crippen LogP contribution in [0.25, 0.3) is 0 Å². The number of hydrogen-bond acceptors (Lipinski definition) is 2. The molecule has 1 aliphatic heterocycles. The van der Waals surface area contributed by atoms with E-state index < -0.39 is 0 Å². The van der Waals surface area contributed by atoms with Gasteiger partial charge in [-0.25, -0.2) is 0 Å². The molecule has 3 rings (SSSR count). The fourth-order valence-corrected chi connectivity index (χ4v) is 3.04. The van der Waals surface area contributed by atoms with Crippen molar-refractivity contribution in [3.05, 3.63) is 35.9 Å². The molecule has 88 valence electrons. The first kappa shape index (κ1) is 10.8. The van der Waals surface area contributed by atoms with Gasteiger partial charge in [-0.15, -0.1) is 0 Å². The molecule has 0 bridgehead atoms. The van der Waals surface area contributed by atoms with Gasteiger partial charge in [0.2, 0.25) is 0 Å². The van der Waals surface area contributed by atoms with Crippen molar-refractivity contribution in [3.63, 3.8) is 0 Å². The van der Waals surface area contributed by atoms with Gasteiger partial charge in [0.1, 0.15) is 0 Å². The van der Waals surface area contributed by atoms with E-state index in [1.54, 1.807) is 0 Å². The number of nitrogens with zero attached hydrogens (tertiary/aromatic N) is 2. The van der Waals surface area contributed by atoms with Crippen molar-refractivity contribution in [3.8, 4) is 6.07 Å². The average Bonchev–Trinajstić information content (AvgIpc) is 3.14. The highest BCUT2D eigenvalue weighted by Gasteiger charge is 2.49. The maximum atomic E-state index is 9.43. The zero-order valence-corrected chi connectivity index (χ0v) is 10.1. The van der Waals surface area contributed by atoms with Crippen molar-refractivity contribution in [2.24, 2.45) is 11.3 Å². The lowest BCUT2D eigenvalue weighted by Gasteiger charge is -2.21. The third kappa shape index (κ3) is 2.08. The van der Waals surface area contributed by atoms with Gasteiger partial charge in [-0.3, -0.25) is 4.90 Å². The Morgan fingerprint density at radius 3 is 2.71 bits per heavy atom. The van der Waals surface area contributed by atoms with Crippen molar-refractivity contribution in [1.29, 1.82) is 5.26 Å². The zero-order valence-electron chi connectivity index (χ0n) is 10.1. The summed E-state index contributed by atoms with van der Waals surface area (Å²) in [7, 11) is 0. The fraction of sp³-hybridized carbons (Fsp3) is 0.533. The molecule has 1 atom stereocenters. The molecular weight excluding hydrogens is 208 g/mol. The molecule has 2 nitrogen and oxygen atoms in total. The first-order valence-corrected chi connectivity index (χ1v) is 6.50. The summed E-state index contributed by atoms with van der Waals surface area (Å²) in [6, 6.07) is 13.2. The van der Waals surface area contributed by atoms with Crippen LogP contribution < -0.4 is 0 Å². The minimum atomic E-state index is -0.0191. The van der Waals surface area contributed by atoms with E-state index in [-0.39, 0.29) is 5.41 Å². The lowest BCUT2D eigenvalue weighted by atomic mass is 9.83. The van der Waals surface area contributed by atoms with Crippen LogP contribution in [-0.2, 0) is 6.54 Å². The lowest BCUT2D eigenvalue weighted by molar-refractivity contribution is 0.276. The Morgan fingerprint density at radius 1 is 1.29 bits per heavy atom. The number of rotatable bonds is 3. The summed E-state index contributed by atoms with van der Waals surface area (Å²) in [5.41, 5.74) is 1.34. The molecule has 1 aromatic rings. The number of benzene rings is 1. The minimum Gasteiger partial charge on any atom is -0.297 e. The number of hydrogen-bond donors (Lipinski definition) is 0. The molecule has 1 saturated heterocycles. The molecule has 2 aliphatic rings. The Hall–Kier alpha value is -1.33. The van der Waals surface area contributed by atoms with E-state index in [1.165, 1.54) is 18.4 Å². The summed E-state index contributed by atoms with van der Waals surface area (Å²) in [6.07, 6.45) is 3.61. The predicted molar refractivity (Wildman–Crippen MR) is 67.1 cm³/mol. The van der Waals surface area contributed by atoms with Crippen LogP contribution in [0.15, 0.2) is 30.3 Å². The van der Waals surface area contributed by atoms with Crippen LogP contribution in [0.4, 0.5) is 0 Å². The van der Waals surface area contributed by atoms with E-state index in [0.29, 0.717) is 5.92 Å². The Morgan fingerprint density at radius 2 is 2.06 bits per heavy atom. The van der Waals surface area contributed by atoms with Crippen LogP contribution in [0.5, 0.6) is 0 Å². The van der Waals surface area contributed by atoms with Gasteiger partial charge < -0.3 is 0 Å². The molecule has 1 saturated carbocycles. The van der Waals surface area contributed by atoms with E-state index in [2.05, 4.69) is 41.3 Å². The van der Waals surface area contributed by atoms with Crippen molar-refractivity contribution in [2.45, 2.75) is 25.8 Å². The second-order valence-electron chi connectivity index (χ2n) is 5.49. The van der Waals surface area contributed by atoms with Gasteiger partial charge in [-0.2, -0.15) is 5.26 Å². The molecule has 1 heterocycles. The Labute approximate surface area is 103 Å². The summed E-state index contributed by atoms with van der Waals surface area (Å²) in [5, 5.41) is 9.43. The van der Waals surface area contributed by atoms with Gasteiger partial charge in [0.05, 0.1) is 11.5 Å². The molecule has 1 aromatic carbocycles. The van der Waals surface area contributed by atoms with Crippen molar-refractivity contribution in [1.82, 2.24) is 4.90 Å². The molecule has 0 spiro atoms.